The quantitative estimate of drug-likeness (QED) is 0.484. The van der Waals surface area contributed by atoms with E-state index < -0.39 is 60.5 Å². The Morgan fingerprint density at radius 1 is 1.03 bits per heavy atom. The normalized spacial score (nSPS) is 30.1. The summed E-state index contributed by atoms with van der Waals surface area (Å²) in [5.74, 6) is -1.97. The zero-order chi connectivity index (χ0) is 26.6. The van der Waals surface area contributed by atoms with Gasteiger partial charge in [-0.3, -0.25) is 0 Å². The molecule has 0 spiro atoms. The van der Waals surface area contributed by atoms with Crippen LogP contribution in [0.5, 0.6) is 0 Å². The second-order valence-electron chi connectivity index (χ2n) is 10.2. The standard InChI is InChI=1S/C26H39NO9/c1-14(2)17(27-25(30)32-13-16-11-9-8-10-12-16)24(29)34-22-19(33-15(3)4)18(28)20-23(21(22)31-7)36-26(5,6)35-20/h8-12,14-15,17-23,28H,13H2,1-7H3,(H,27,30)/t17-,18?,19?,20?,21?,22?,23?/m0/s1. The second kappa shape index (κ2) is 11.9. The third kappa shape index (κ3) is 6.74. The average Bonchev–Trinajstić information content (AvgIpc) is 3.14. The Hall–Kier alpha value is -2.24. The van der Waals surface area contributed by atoms with Crippen LogP contribution in [-0.4, -0.2) is 78.8 Å². The first kappa shape index (κ1) is 28.3. The van der Waals surface area contributed by atoms with Crippen LogP contribution in [0, 0.1) is 5.92 Å². The number of hydrogen-bond donors (Lipinski definition) is 2. The van der Waals surface area contributed by atoms with E-state index in [9.17, 15) is 14.7 Å². The van der Waals surface area contributed by atoms with Gasteiger partial charge in [0.2, 0.25) is 0 Å². The van der Waals surface area contributed by atoms with Gasteiger partial charge < -0.3 is 38.8 Å². The molecule has 1 heterocycles. The number of aliphatic hydroxyl groups excluding tert-OH is 1. The molecule has 1 saturated heterocycles. The molecule has 202 valence electrons. The van der Waals surface area contributed by atoms with E-state index in [0.717, 1.165) is 5.56 Å². The minimum absolute atomic E-state index is 0.0631. The minimum Gasteiger partial charge on any atom is -0.455 e. The van der Waals surface area contributed by atoms with Gasteiger partial charge in [-0.1, -0.05) is 44.2 Å². The maximum absolute atomic E-state index is 13.3. The van der Waals surface area contributed by atoms with Gasteiger partial charge >= 0.3 is 12.1 Å². The van der Waals surface area contributed by atoms with Crippen molar-refractivity contribution in [1.82, 2.24) is 5.32 Å². The molecule has 1 aromatic carbocycles. The highest BCUT2D eigenvalue weighted by atomic mass is 16.8. The predicted octanol–water partition coefficient (Wildman–Crippen LogP) is 2.55. The van der Waals surface area contributed by atoms with Crippen LogP contribution >= 0.6 is 0 Å². The lowest BCUT2D eigenvalue weighted by Crippen LogP contribution is -2.66. The highest BCUT2D eigenvalue weighted by Gasteiger charge is 2.60. The number of carbonyl (C=O) groups is 2. The van der Waals surface area contributed by atoms with E-state index in [2.05, 4.69) is 5.32 Å². The molecule has 10 nitrogen and oxygen atoms in total. The number of aliphatic hydroxyl groups is 1. The molecule has 0 aromatic heterocycles. The number of esters is 1. The number of carbonyl (C=O) groups excluding carboxylic acids is 2. The third-order valence-electron chi connectivity index (χ3n) is 6.17. The van der Waals surface area contributed by atoms with Gasteiger partial charge in [-0.05, 0) is 39.2 Å². The summed E-state index contributed by atoms with van der Waals surface area (Å²) in [7, 11) is 1.47. The van der Waals surface area contributed by atoms with E-state index in [4.69, 9.17) is 28.4 Å². The van der Waals surface area contributed by atoms with Gasteiger partial charge in [0.05, 0.1) is 6.10 Å². The number of amides is 1. The van der Waals surface area contributed by atoms with Crippen LogP contribution in [0.4, 0.5) is 4.79 Å². The van der Waals surface area contributed by atoms with Crippen LogP contribution < -0.4 is 5.32 Å². The first-order chi connectivity index (χ1) is 16.9. The van der Waals surface area contributed by atoms with Gasteiger partial charge in [0.1, 0.15) is 43.2 Å². The number of rotatable bonds is 9. The summed E-state index contributed by atoms with van der Waals surface area (Å²) in [6, 6.07) is 8.22. The number of nitrogens with one attached hydrogen (secondary N) is 1. The molecule has 2 fully saturated rings. The number of hydrogen-bond acceptors (Lipinski definition) is 9. The van der Waals surface area contributed by atoms with Crippen molar-refractivity contribution in [2.24, 2.45) is 5.92 Å². The SMILES string of the molecule is COC1C(OC(=O)[C@@H](NC(=O)OCc2ccccc2)C(C)C)C(OC(C)C)C(O)C2OC(C)(C)OC21. The Morgan fingerprint density at radius 2 is 1.67 bits per heavy atom. The molecule has 0 bridgehead atoms. The lowest BCUT2D eigenvalue weighted by atomic mass is 9.84. The van der Waals surface area contributed by atoms with Crippen molar-refractivity contribution in [1.29, 1.82) is 0 Å². The Balaban J connectivity index is 1.75. The van der Waals surface area contributed by atoms with E-state index in [-0.39, 0.29) is 18.6 Å². The van der Waals surface area contributed by atoms with Crippen molar-refractivity contribution in [3.05, 3.63) is 35.9 Å². The molecule has 2 N–H and O–H groups in total. The summed E-state index contributed by atoms with van der Waals surface area (Å²) in [5.41, 5.74) is 0.820. The highest BCUT2D eigenvalue weighted by Crippen LogP contribution is 2.40. The Kier molecular flexibility index (Phi) is 9.34. The lowest BCUT2D eigenvalue weighted by molar-refractivity contribution is -0.235. The van der Waals surface area contributed by atoms with Crippen LogP contribution in [0.15, 0.2) is 30.3 Å². The Labute approximate surface area is 212 Å². The Bertz CT molecular complexity index is 875. The van der Waals surface area contributed by atoms with E-state index in [1.165, 1.54) is 7.11 Å². The predicted molar refractivity (Wildman–Crippen MR) is 129 cm³/mol. The van der Waals surface area contributed by atoms with Crippen molar-refractivity contribution < 1.29 is 43.1 Å². The summed E-state index contributed by atoms with van der Waals surface area (Å²) in [4.78, 5) is 25.8. The van der Waals surface area contributed by atoms with Gasteiger partial charge in [0, 0.05) is 7.11 Å². The van der Waals surface area contributed by atoms with Crippen LogP contribution in [0.3, 0.4) is 0 Å². The van der Waals surface area contributed by atoms with Gasteiger partial charge in [-0.15, -0.1) is 0 Å². The van der Waals surface area contributed by atoms with Crippen molar-refractivity contribution in [3.8, 4) is 0 Å². The Morgan fingerprint density at radius 3 is 2.25 bits per heavy atom. The molecular formula is C26H39NO9. The molecule has 10 heteroatoms. The largest absolute Gasteiger partial charge is 0.455 e. The van der Waals surface area contributed by atoms with Crippen LogP contribution in [-0.2, 0) is 39.8 Å². The van der Waals surface area contributed by atoms with E-state index in [1.807, 2.05) is 44.2 Å². The molecule has 36 heavy (non-hydrogen) atoms. The smallest absolute Gasteiger partial charge is 0.408 e. The van der Waals surface area contributed by atoms with Gasteiger partial charge in [0.25, 0.3) is 0 Å². The third-order valence-corrected chi connectivity index (χ3v) is 6.17. The number of benzene rings is 1. The topological polar surface area (TPSA) is 122 Å². The van der Waals surface area contributed by atoms with E-state index >= 15 is 0 Å². The summed E-state index contributed by atoms with van der Waals surface area (Å²) in [6.07, 6.45) is -6.29. The number of ether oxygens (including phenoxy) is 6. The maximum atomic E-state index is 13.3. The van der Waals surface area contributed by atoms with Crippen LogP contribution in [0.1, 0.15) is 47.1 Å². The molecule has 7 atom stereocenters. The van der Waals surface area contributed by atoms with Crippen LogP contribution in [0.2, 0.25) is 0 Å². The summed E-state index contributed by atoms with van der Waals surface area (Å²) in [6.45, 7) is 10.7. The first-order valence-electron chi connectivity index (χ1n) is 12.3. The summed E-state index contributed by atoms with van der Waals surface area (Å²) < 4.78 is 34.8. The molecule has 1 aliphatic carbocycles. The minimum atomic E-state index is -1.13. The molecule has 1 aromatic rings. The van der Waals surface area contributed by atoms with Gasteiger partial charge in [0.15, 0.2) is 11.9 Å². The lowest BCUT2D eigenvalue weighted by Gasteiger charge is -2.45. The summed E-state index contributed by atoms with van der Waals surface area (Å²) >= 11 is 0. The van der Waals surface area contributed by atoms with Crippen molar-refractivity contribution in [3.63, 3.8) is 0 Å². The van der Waals surface area contributed by atoms with Gasteiger partial charge in [-0.25, -0.2) is 9.59 Å². The van der Waals surface area contributed by atoms with Crippen molar-refractivity contribution in [2.75, 3.05) is 7.11 Å². The number of fused-ring (bicyclic) bond motifs is 1. The molecule has 6 unspecified atom stereocenters. The monoisotopic (exact) mass is 509 g/mol. The van der Waals surface area contributed by atoms with Gasteiger partial charge in [-0.2, -0.15) is 0 Å². The van der Waals surface area contributed by atoms with E-state index in [1.54, 1.807) is 27.7 Å². The molecule has 0 radical (unpaired) electrons. The first-order valence-corrected chi connectivity index (χ1v) is 12.3. The highest BCUT2D eigenvalue weighted by molar-refractivity contribution is 5.81. The fourth-order valence-electron chi connectivity index (χ4n) is 4.56. The maximum Gasteiger partial charge on any atom is 0.408 e. The summed E-state index contributed by atoms with van der Waals surface area (Å²) in [5, 5.41) is 13.7. The van der Waals surface area contributed by atoms with E-state index in [0.29, 0.717) is 0 Å². The average molecular weight is 510 g/mol. The van der Waals surface area contributed by atoms with Crippen molar-refractivity contribution in [2.45, 2.75) is 103 Å². The molecule has 3 rings (SSSR count). The molecule has 1 saturated carbocycles. The zero-order valence-corrected chi connectivity index (χ0v) is 22.0. The molecule has 2 aliphatic rings. The zero-order valence-electron chi connectivity index (χ0n) is 22.0. The number of alkyl carbamates (subject to hydrolysis) is 1. The molecule has 1 amide bonds. The fraction of sp³-hybridized carbons (Fsp3) is 0.692. The number of methoxy groups -OCH3 is 1. The molecule has 1 aliphatic heterocycles. The van der Waals surface area contributed by atoms with Crippen LogP contribution in [0.25, 0.3) is 0 Å². The second-order valence-corrected chi connectivity index (χ2v) is 10.2. The molecular weight excluding hydrogens is 470 g/mol. The fourth-order valence-corrected chi connectivity index (χ4v) is 4.56. The van der Waals surface area contributed by atoms with Crippen molar-refractivity contribution >= 4 is 12.1 Å².